The monoisotopic (exact) mass is 237 g/mol. The molecule has 3 heteroatoms. The summed E-state index contributed by atoms with van der Waals surface area (Å²) in [6.45, 7) is 12.3. The van der Waals surface area contributed by atoms with Crippen molar-refractivity contribution in [2.75, 3.05) is 6.54 Å². The highest BCUT2D eigenvalue weighted by Gasteiger charge is 2.35. The minimum absolute atomic E-state index is 0.215. The van der Waals surface area contributed by atoms with Gasteiger partial charge in [-0.05, 0) is 57.4 Å². The highest BCUT2D eigenvalue weighted by molar-refractivity contribution is 5.98. The summed E-state index contributed by atoms with van der Waals surface area (Å²) in [6.07, 6.45) is 4.85. The first-order valence-electron chi connectivity index (χ1n) is 6.88. The van der Waals surface area contributed by atoms with Crippen molar-refractivity contribution >= 4 is 8.05 Å². The van der Waals surface area contributed by atoms with Crippen LogP contribution in [0.4, 0.5) is 0 Å². The normalized spacial score (nSPS) is 27.8. The Balaban J connectivity index is 2.62. The van der Waals surface area contributed by atoms with Gasteiger partial charge in [0.05, 0.1) is 0 Å². The van der Waals surface area contributed by atoms with E-state index in [1.54, 1.807) is 0 Å². The predicted molar refractivity (Wildman–Crippen MR) is 74.1 cm³/mol. The number of hydrogen-bond acceptors (Lipinski definition) is 2. The van der Waals surface area contributed by atoms with Gasteiger partial charge in [-0.15, -0.1) is 0 Å². The van der Waals surface area contributed by atoms with Gasteiger partial charge in [-0.2, -0.15) is 0 Å². The van der Waals surface area contributed by atoms with Crippen LogP contribution in [0.2, 0.25) is 0 Å². The number of hydrogen-bond donors (Lipinski definition) is 1. The third-order valence-corrected chi connectivity index (χ3v) is 4.12. The molecule has 98 valence electrons. The lowest BCUT2D eigenvalue weighted by atomic mass is 9.74. The molecule has 1 N–H and O–H groups in total. The molecule has 1 saturated heterocycles. The Bertz CT molecular complexity index is 240. The summed E-state index contributed by atoms with van der Waals surface area (Å²) in [5, 5.41) is 3.70. The van der Waals surface area contributed by atoms with Crippen LogP contribution in [-0.2, 0) is 4.65 Å². The van der Waals surface area contributed by atoms with Crippen LogP contribution in [0, 0.1) is 11.3 Å². The third-order valence-electron chi connectivity index (χ3n) is 4.12. The molecule has 2 atom stereocenters. The largest absolute Gasteiger partial charge is 0.443 e. The van der Waals surface area contributed by atoms with E-state index < -0.39 is 0 Å². The van der Waals surface area contributed by atoms with Crippen LogP contribution < -0.4 is 5.32 Å². The summed E-state index contributed by atoms with van der Waals surface area (Å²) in [5.74, 6) is 0.849. The van der Waals surface area contributed by atoms with E-state index in [0.29, 0.717) is 6.04 Å². The van der Waals surface area contributed by atoms with Crippen molar-refractivity contribution in [3.8, 4) is 0 Å². The second kappa shape index (κ2) is 5.75. The molecule has 0 saturated carbocycles. The summed E-state index contributed by atoms with van der Waals surface area (Å²) in [6, 6.07) is 0.571. The topological polar surface area (TPSA) is 21.3 Å². The molecule has 0 aromatic carbocycles. The lowest BCUT2D eigenvalue weighted by Crippen LogP contribution is -2.45. The summed E-state index contributed by atoms with van der Waals surface area (Å²) in [4.78, 5) is 0. The first kappa shape index (κ1) is 15.0. The van der Waals surface area contributed by atoms with Crippen molar-refractivity contribution in [1.82, 2.24) is 5.32 Å². The van der Waals surface area contributed by atoms with Crippen LogP contribution >= 0.6 is 0 Å². The van der Waals surface area contributed by atoms with E-state index in [-0.39, 0.29) is 11.0 Å². The van der Waals surface area contributed by atoms with E-state index in [1.165, 1.54) is 19.3 Å². The Morgan fingerprint density at radius 1 is 1.18 bits per heavy atom. The molecule has 1 aliphatic rings. The van der Waals surface area contributed by atoms with Gasteiger partial charge in [0.15, 0.2) is 0 Å². The van der Waals surface area contributed by atoms with E-state index in [2.05, 4.69) is 39.9 Å². The molecule has 2 radical (unpaired) electrons. The Kier molecular flexibility index (Phi) is 5.09. The van der Waals surface area contributed by atoms with E-state index in [9.17, 15) is 0 Å². The maximum Gasteiger partial charge on any atom is 0.283 e. The van der Waals surface area contributed by atoms with E-state index >= 15 is 0 Å². The van der Waals surface area contributed by atoms with Crippen LogP contribution in [0.5, 0.6) is 0 Å². The number of rotatable bonds is 4. The van der Waals surface area contributed by atoms with Crippen LogP contribution in [-0.4, -0.2) is 26.2 Å². The average molecular weight is 237 g/mol. The molecule has 0 aromatic rings. The standard InChI is InChI=1S/C14H28BNO/c1-11-6-7-12(16-9-8-11)13(2,3)10-14(4,5)17-15/h11-12,16H,6-10H2,1-5H3. The van der Waals surface area contributed by atoms with Gasteiger partial charge in [0, 0.05) is 11.6 Å². The molecule has 2 nitrogen and oxygen atoms in total. The minimum atomic E-state index is -0.247. The second-order valence-electron chi connectivity index (χ2n) is 7.02. The van der Waals surface area contributed by atoms with E-state index in [0.717, 1.165) is 18.9 Å². The maximum atomic E-state index is 5.38. The van der Waals surface area contributed by atoms with Crippen molar-refractivity contribution in [3.05, 3.63) is 0 Å². The maximum absolute atomic E-state index is 5.38. The molecular weight excluding hydrogens is 209 g/mol. The summed E-state index contributed by atoms with van der Waals surface area (Å²) < 4.78 is 5.09. The smallest absolute Gasteiger partial charge is 0.283 e. The van der Waals surface area contributed by atoms with Gasteiger partial charge in [0.1, 0.15) is 0 Å². The predicted octanol–water partition coefficient (Wildman–Crippen LogP) is 3.06. The molecule has 2 unspecified atom stereocenters. The molecule has 1 heterocycles. The molecule has 17 heavy (non-hydrogen) atoms. The van der Waals surface area contributed by atoms with Gasteiger partial charge in [-0.1, -0.05) is 20.8 Å². The molecule has 0 aliphatic carbocycles. The fraction of sp³-hybridized carbons (Fsp3) is 1.00. The second-order valence-corrected chi connectivity index (χ2v) is 7.02. The van der Waals surface area contributed by atoms with Gasteiger partial charge >= 0.3 is 0 Å². The zero-order valence-electron chi connectivity index (χ0n) is 12.2. The first-order valence-corrected chi connectivity index (χ1v) is 6.88. The van der Waals surface area contributed by atoms with Crippen molar-refractivity contribution in [2.45, 2.75) is 71.9 Å². The van der Waals surface area contributed by atoms with Crippen molar-refractivity contribution < 1.29 is 4.65 Å². The molecule has 1 rings (SSSR count). The van der Waals surface area contributed by atoms with Crippen molar-refractivity contribution in [2.24, 2.45) is 11.3 Å². The lowest BCUT2D eigenvalue weighted by molar-refractivity contribution is 0.0475. The van der Waals surface area contributed by atoms with Crippen molar-refractivity contribution in [3.63, 3.8) is 0 Å². The Hall–Kier alpha value is -0.0151. The fourth-order valence-corrected chi connectivity index (χ4v) is 3.13. The summed E-state index contributed by atoms with van der Waals surface area (Å²) >= 11 is 0. The molecule has 0 amide bonds. The van der Waals surface area contributed by atoms with Crippen LogP contribution in [0.1, 0.15) is 60.3 Å². The van der Waals surface area contributed by atoms with Crippen LogP contribution in [0.3, 0.4) is 0 Å². The molecule has 1 fully saturated rings. The summed E-state index contributed by atoms with van der Waals surface area (Å²) in [7, 11) is 5.38. The van der Waals surface area contributed by atoms with E-state index in [4.69, 9.17) is 12.7 Å². The highest BCUT2D eigenvalue weighted by atomic mass is 16.4. The average Bonchev–Trinajstić information content (AvgIpc) is 2.42. The van der Waals surface area contributed by atoms with Gasteiger partial charge in [-0.3, -0.25) is 0 Å². The SMILES string of the molecule is [B]OC(C)(C)CC(C)(C)C1CCC(C)CCN1. The Morgan fingerprint density at radius 3 is 2.41 bits per heavy atom. The van der Waals surface area contributed by atoms with E-state index in [1.807, 2.05) is 0 Å². The van der Waals surface area contributed by atoms with Gasteiger partial charge in [0.2, 0.25) is 0 Å². The Morgan fingerprint density at radius 2 is 1.82 bits per heavy atom. The van der Waals surface area contributed by atoms with Gasteiger partial charge < -0.3 is 9.97 Å². The van der Waals surface area contributed by atoms with Crippen LogP contribution in [0.25, 0.3) is 0 Å². The molecule has 0 bridgehead atoms. The molecule has 0 aromatic heterocycles. The number of nitrogens with one attached hydrogen (secondary N) is 1. The quantitative estimate of drug-likeness (QED) is 0.759. The zero-order valence-corrected chi connectivity index (χ0v) is 12.2. The van der Waals surface area contributed by atoms with Gasteiger partial charge in [-0.25, -0.2) is 0 Å². The molecular formula is C14H28BNO. The van der Waals surface area contributed by atoms with Crippen molar-refractivity contribution in [1.29, 1.82) is 0 Å². The zero-order chi connectivity index (χ0) is 13.1. The highest BCUT2D eigenvalue weighted by Crippen LogP contribution is 2.36. The fourth-order valence-electron chi connectivity index (χ4n) is 3.13. The van der Waals surface area contributed by atoms with Gasteiger partial charge in [0.25, 0.3) is 8.05 Å². The molecule has 1 aliphatic heterocycles. The third kappa shape index (κ3) is 4.63. The summed E-state index contributed by atoms with van der Waals surface area (Å²) in [5.41, 5.74) is -0.0317. The first-order chi connectivity index (χ1) is 7.77. The van der Waals surface area contributed by atoms with Crippen LogP contribution in [0.15, 0.2) is 0 Å². The lowest BCUT2D eigenvalue weighted by Gasteiger charge is -2.40. The molecule has 0 spiro atoms. The Labute approximate surface area is 108 Å². The minimum Gasteiger partial charge on any atom is -0.443 e.